The van der Waals surface area contributed by atoms with Crippen LogP contribution in [0, 0.1) is 12.3 Å². The van der Waals surface area contributed by atoms with Gasteiger partial charge in [0.1, 0.15) is 12.4 Å². The van der Waals surface area contributed by atoms with Gasteiger partial charge < -0.3 is 15.2 Å². The highest BCUT2D eigenvalue weighted by atomic mass is 32.2. The fourth-order valence-corrected chi connectivity index (χ4v) is 3.37. The lowest BCUT2D eigenvalue weighted by molar-refractivity contribution is 0.0674. The Kier molecular flexibility index (Phi) is 5.15. The van der Waals surface area contributed by atoms with Gasteiger partial charge in [-0.25, -0.2) is 0 Å². The number of hydrogen-bond acceptors (Lipinski definition) is 4. The Morgan fingerprint density at radius 1 is 1.47 bits per heavy atom. The van der Waals surface area contributed by atoms with Gasteiger partial charge in [-0.3, -0.25) is 0 Å². The zero-order valence-electron chi connectivity index (χ0n) is 10.9. The first-order chi connectivity index (χ1) is 9.23. The molecule has 1 aromatic rings. The van der Waals surface area contributed by atoms with Crippen LogP contribution in [0.2, 0.25) is 0 Å². The summed E-state index contributed by atoms with van der Waals surface area (Å²) in [5.74, 6) is 5.13. The maximum absolute atomic E-state index is 10.2. The van der Waals surface area contributed by atoms with Gasteiger partial charge in [-0.05, 0) is 18.2 Å². The Labute approximate surface area is 118 Å². The molecule has 0 amide bonds. The monoisotopic (exact) mass is 277 g/mol. The molecule has 1 saturated heterocycles. The van der Waals surface area contributed by atoms with Gasteiger partial charge in [0.05, 0.1) is 5.60 Å². The highest BCUT2D eigenvalue weighted by Gasteiger charge is 2.30. The Bertz CT molecular complexity index is 450. The van der Waals surface area contributed by atoms with Gasteiger partial charge in [-0.2, -0.15) is 11.8 Å². The molecule has 1 heterocycles. The topological polar surface area (TPSA) is 41.5 Å². The lowest BCUT2D eigenvalue weighted by Gasteiger charge is -2.22. The number of hydrogen-bond donors (Lipinski definition) is 2. The maximum Gasteiger partial charge on any atom is 0.148 e. The van der Waals surface area contributed by atoms with E-state index in [1.165, 1.54) is 0 Å². The molecule has 0 spiro atoms. The van der Waals surface area contributed by atoms with Crippen molar-refractivity contribution in [1.29, 1.82) is 0 Å². The molecule has 0 aliphatic carbocycles. The Morgan fingerprint density at radius 3 is 3.05 bits per heavy atom. The molecule has 0 radical (unpaired) electrons. The fraction of sp³-hybridized carbons (Fsp3) is 0.467. The molecule has 3 nitrogen and oxygen atoms in total. The van der Waals surface area contributed by atoms with Crippen LogP contribution in [0.4, 0.5) is 0 Å². The predicted octanol–water partition coefficient (Wildman–Crippen LogP) is 1.66. The molecule has 0 aromatic heterocycles. The molecule has 1 aliphatic heterocycles. The second-order valence-corrected chi connectivity index (χ2v) is 5.84. The van der Waals surface area contributed by atoms with Crippen LogP contribution in [0.15, 0.2) is 24.3 Å². The highest BCUT2D eigenvalue weighted by molar-refractivity contribution is 7.99. The molecular weight excluding hydrogens is 258 g/mol. The molecule has 1 atom stereocenters. The van der Waals surface area contributed by atoms with E-state index in [-0.39, 0.29) is 6.61 Å². The van der Waals surface area contributed by atoms with Crippen LogP contribution in [0.1, 0.15) is 12.0 Å². The quantitative estimate of drug-likeness (QED) is 0.776. The van der Waals surface area contributed by atoms with Crippen molar-refractivity contribution in [2.75, 3.05) is 24.7 Å². The summed E-state index contributed by atoms with van der Waals surface area (Å²) >= 11 is 1.80. The van der Waals surface area contributed by atoms with Gasteiger partial charge in [0, 0.05) is 24.4 Å². The van der Waals surface area contributed by atoms with Crippen molar-refractivity contribution in [3.05, 3.63) is 29.8 Å². The number of thioether (sulfide) groups is 1. The van der Waals surface area contributed by atoms with Crippen molar-refractivity contribution in [2.45, 2.75) is 18.6 Å². The van der Waals surface area contributed by atoms with Gasteiger partial charge in [-0.1, -0.05) is 24.1 Å². The third kappa shape index (κ3) is 4.17. The molecule has 19 heavy (non-hydrogen) atoms. The first kappa shape index (κ1) is 14.3. The van der Waals surface area contributed by atoms with E-state index in [0.29, 0.717) is 13.1 Å². The Hall–Kier alpha value is -1.15. The minimum atomic E-state index is -0.556. The number of aliphatic hydroxyl groups is 1. The number of rotatable bonds is 6. The van der Waals surface area contributed by atoms with Gasteiger partial charge in [0.25, 0.3) is 0 Å². The Morgan fingerprint density at radius 2 is 2.32 bits per heavy atom. The second-order valence-electron chi connectivity index (χ2n) is 4.73. The third-order valence-corrected chi connectivity index (χ3v) is 4.37. The number of nitrogens with one attached hydrogen (secondary N) is 1. The minimum Gasteiger partial charge on any atom is -0.481 e. The summed E-state index contributed by atoms with van der Waals surface area (Å²) in [6.45, 7) is 1.56. The van der Waals surface area contributed by atoms with E-state index in [1.54, 1.807) is 11.8 Å². The molecule has 0 bridgehead atoms. The average Bonchev–Trinajstić information content (AvgIpc) is 2.85. The van der Waals surface area contributed by atoms with Crippen LogP contribution in [0.5, 0.6) is 5.75 Å². The fourth-order valence-electron chi connectivity index (χ4n) is 2.08. The van der Waals surface area contributed by atoms with Gasteiger partial charge >= 0.3 is 0 Å². The van der Waals surface area contributed by atoms with Crippen molar-refractivity contribution >= 4 is 11.8 Å². The molecule has 102 valence electrons. The van der Waals surface area contributed by atoms with E-state index in [4.69, 9.17) is 11.2 Å². The molecule has 2 rings (SSSR count). The van der Waals surface area contributed by atoms with Crippen molar-refractivity contribution in [3.63, 3.8) is 0 Å². The van der Waals surface area contributed by atoms with E-state index in [1.807, 2.05) is 24.3 Å². The average molecular weight is 277 g/mol. The molecule has 1 fully saturated rings. The number of terminal acetylenes is 1. The van der Waals surface area contributed by atoms with E-state index in [2.05, 4.69) is 11.2 Å². The first-order valence-electron chi connectivity index (χ1n) is 6.38. The lowest BCUT2D eigenvalue weighted by atomic mass is 10.0. The largest absolute Gasteiger partial charge is 0.481 e. The molecule has 4 heteroatoms. The number of benzene rings is 1. The normalized spacial score (nSPS) is 22.1. The summed E-state index contributed by atoms with van der Waals surface area (Å²) in [6, 6.07) is 7.82. The molecule has 1 aromatic carbocycles. The Balaban J connectivity index is 1.87. The van der Waals surface area contributed by atoms with Crippen molar-refractivity contribution in [3.8, 4) is 18.1 Å². The van der Waals surface area contributed by atoms with Crippen LogP contribution < -0.4 is 10.1 Å². The van der Waals surface area contributed by atoms with Crippen molar-refractivity contribution in [2.24, 2.45) is 0 Å². The first-order valence-corrected chi connectivity index (χ1v) is 7.54. The molecular formula is C15H19NO2S. The summed E-state index contributed by atoms with van der Waals surface area (Å²) in [6.07, 6.45) is 6.06. The number of ether oxygens (including phenoxy) is 1. The van der Waals surface area contributed by atoms with E-state index in [0.717, 1.165) is 29.2 Å². The van der Waals surface area contributed by atoms with Gasteiger partial charge in [-0.15, -0.1) is 6.42 Å². The van der Waals surface area contributed by atoms with Crippen LogP contribution in [0.25, 0.3) is 0 Å². The summed E-state index contributed by atoms with van der Waals surface area (Å²) in [5.41, 5.74) is 0.506. The number of para-hydroxylation sites is 1. The zero-order chi connectivity index (χ0) is 13.6. The predicted molar refractivity (Wildman–Crippen MR) is 79.4 cm³/mol. The molecule has 1 aliphatic rings. The van der Waals surface area contributed by atoms with Crippen LogP contribution >= 0.6 is 11.8 Å². The van der Waals surface area contributed by atoms with Gasteiger partial charge in [0.15, 0.2) is 0 Å². The second kappa shape index (κ2) is 6.85. The highest BCUT2D eigenvalue weighted by Crippen LogP contribution is 2.27. The third-order valence-electron chi connectivity index (χ3n) is 3.14. The van der Waals surface area contributed by atoms with E-state index >= 15 is 0 Å². The zero-order valence-corrected chi connectivity index (χ0v) is 11.7. The van der Waals surface area contributed by atoms with Crippen molar-refractivity contribution < 1.29 is 9.84 Å². The summed E-state index contributed by atoms with van der Waals surface area (Å²) < 4.78 is 5.49. The summed E-state index contributed by atoms with van der Waals surface area (Å²) in [7, 11) is 0. The van der Waals surface area contributed by atoms with E-state index < -0.39 is 5.60 Å². The molecule has 2 N–H and O–H groups in total. The van der Waals surface area contributed by atoms with E-state index in [9.17, 15) is 5.11 Å². The van der Waals surface area contributed by atoms with Crippen LogP contribution in [0.3, 0.4) is 0 Å². The minimum absolute atomic E-state index is 0.275. The van der Waals surface area contributed by atoms with Crippen LogP contribution in [-0.4, -0.2) is 35.4 Å². The van der Waals surface area contributed by atoms with Crippen molar-refractivity contribution in [1.82, 2.24) is 5.32 Å². The molecule has 1 unspecified atom stereocenters. The van der Waals surface area contributed by atoms with Crippen LogP contribution in [-0.2, 0) is 6.54 Å². The standard InChI is InChI=1S/C15H19NO2S/c1-2-8-18-14-6-4-3-5-13(14)10-16-11-15(17)7-9-19-12-15/h1,3-6,16-17H,7-12H2. The maximum atomic E-state index is 10.2. The smallest absolute Gasteiger partial charge is 0.148 e. The van der Waals surface area contributed by atoms with Gasteiger partial charge in [0.2, 0.25) is 0 Å². The summed E-state index contributed by atoms with van der Waals surface area (Å²) in [5, 5.41) is 13.5. The lowest BCUT2D eigenvalue weighted by Crippen LogP contribution is -2.40. The SMILES string of the molecule is C#CCOc1ccccc1CNCC1(O)CCSC1. The molecule has 0 saturated carbocycles. The summed E-state index contributed by atoms with van der Waals surface area (Å²) in [4.78, 5) is 0.